The van der Waals surface area contributed by atoms with Gasteiger partial charge in [-0.05, 0) is 45.9 Å². The number of likely N-dealkylation sites (N-methyl/N-ethyl adjacent to an activating group) is 1. The van der Waals surface area contributed by atoms with Crippen molar-refractivity contribution >= 4 is 61.7 Å². The maximum Gasteiger partial charge on any atom is 0.363 e. The Morgan fingerprint density at radius 3 is 2.34 bits per heavy atom. The van der Waals surface area contributed by atoms with Gasteiger partial charge in [-0.2, -0.15) is 8.42 Å². The number of nitrogens with zero attached hydrogens (tertiary/aromatic N) is 6. The number of halogens is 2. The molecule has 0 aliphatic carbocycles. The third kappa shape index (κ3) is 7.96. The topological polar surface area (TPSA) is 116 Å². The lowest BCUT2D eigenvalue weighted by atomic mass is 10.0. The van der Waals surface area contributed by atoms with Gasteiger partial charge < -0.3 is 19.9 Å². The van der Waals surface area contributed by atoms with Crippen molar-refractivity contribution < 1.29 is 17.7 Å². The van der Waals surface area contributed by atoms with E-state index in [9.17, 15) is 13.0 Å². The van der Waals surface area contributed by atoms with Crippen LogP contribution in [-0.2, 0) is 10.3 Å². The predicted molar refractivity (Wildman–Crippen MR) is 191 cm³/mol. The first-order chi connectivity index (χ1) is 22.5. The Bertz CT molecular complexity index is 1800. The van der Waals surface area contributed by atoms with Crippen LogP contribution in [0.25, 0.3) is 22.2 Å². The Hall–Kier alpha value is -3.13. The first-order valence-corrected chi connectivity index (χ1v) is 18.2. The van der Waals surface area contributed by atoms with Gasteiger partial charge in [0.15, 0.2) is 0 Å². The fourth-order valence-corrected chi connectivity index (χ4v) is 7.28. The monoisotopic (exact) mass is 703 g/mol. The minimum atomic E-state index is -4.56. The number of aromatic nitrogens is 3. The van der Waals surface area contributed by atoms with Gasteiger partial charge in [0.25, 0.3) is 0 Å². The first kappa shape index (κ1) is 35.2. The number of hydrogen-bond donors (Lipinski definition) is 2. The summed E-state index contributed by atoms with van der Waals surface area (Å²) in [6.07, 6.45) is 4.79. The fourth-order valence-electron chi connectivity index (χ4n) is 6.16. The quantitative estimate of drug-likeness (QED) is 0.189. The van der Waals surface area contributed by atoms with Crippen molar-refractivity contribution in [1.82, 2.24) is 23.7 Å². The maximum absolute atomic E-state index is 12.1. The number of anilines is 3. The maximum atomic E-state index is 12.1. The highest BCUT2D eigenvalue weighted by atomic mass is 35.5. The van der Waals surface area contributed by atoms with E-state index in [-0.39, 0.29) is 17.1 Å². The predicted octanol–water partition coefficient (Wildman–Crippen LogP) is 6.83. The van der Waals surface area contributed by atoms with E-state index in [0.717, 1.165) is 61.8 Å². The number of fused-ring (bicyclic) bond motifs is 1. The molecule has 254 valence electrons. The Labute approximate surface area is 287 Å². The van der Waals surface area contributed by atoms with Crippen molar-refractivity contribution in [3.05, 3.63) is 58.8 Å². The van der Waals surface area contributed by atoms with Gasteiger partial charge in [-0.15, -0.1) is 0 Å². The van der Waals surface area contributed by atoms with Crippen LogP contribution >= 0.6 is 23.2 Å². The second-order valence-corrected chi connectivity index (χ2v) is 14.0. The molecule has 4 heterocycles. The minimum Gasteiger partial charge on any atom is -0.489 e. The molecule has 2 saturated heterocycles. The summed E-state index contributed by atoms with van der Waals surface area (Å²) in [6, 6.07) is 11.2. The van der Waals surface area contributed by atoms with E-state index in [1.807, 2.05) is 39.8 Å². The molecule has 2 aliphatic heterocycles. The summed E-state index contributed by atoms with van der Waals surface area (Å²) in [5, 5.41) is 4.58. The smallest absolute Gasteiger partial charge is 0.363 e. The van der Waals surface area contributed by atoms with Gasteiger partial charge in [-0.3, -0.25) is 9.45 Å². The zero-order valence-electron chi connectivity index (χ0n) is 27.4. The molecule has 2 fully saturated rings. The highest BCUT2D eigenvalue weighted by Crippen LogP contribution is 2.40. The lowest BCUT2D eigenvalue weighted by molar-refractivity contribution is 0.0982. The molecule has 0 bridgehead atoms. The summed E-state index contributed by atoms with van der Waals surface area (Å²) in [4.78, 5) is 16.3. The van der Waals surface area contributed by atoms with Crippen molar-refractivity contribution in [2.24, 2.45) is 0 Å². The lowest BCUT2D eigenvalue weighted by Gasteiger charge is -2.42. The van der Waals surface area contributed by atoms with Crippen molar-refractivity contribution in [1.29, 1.82) is 0 Å². The number of para-hydroxylation sites is 1. The zero-order chi connectivity index (χ0) is 33.9. The molecule has 14 heteroatoms. The van der Waals surface area contributed by atoms with E-state index in [0.29, 0.717) is 44.7 Å². The van der Waals surface area contributed by atoms with Crippen LogP contribution in [0.3, 0.4) is 0 Å². The number of rotatable bonds is 8. The molecule has 47 heavy (non-hydrogen) atoms. The van der Waals surface area contributed by atoms with E-state index >= 15 is 0 Å². The normalized spacial score (nSPS) is 16.7. The first-order valence-electron chi connectivity index (χ1n) is 16.0. The number of piperidine rings is 1. The molecule has 11 nitrogen and oxygen atoms in total. The largest absolute Gasteiger partial charge is 0.489 e. The number of hydrogen-bond acceptors (Lipinski definition) is 9. The van der Waals surface area contributed by atoms with Gasteiger partial charge in [0.2, 0.25) is 5.95 Å². The fraction of sp³-hybridized carbons (Fsp3) is 0.455. The SMILES string of the molecule is CC.CC(C)Oc1cc(N2CCC(N3CCN(C)CC3)CC2)c(Cl)cc1Nc1ncc(Cl)c(-c2cn(S(=O)(=O)O)c3ccccc23)n1. The summed E-state index contributed by atoms with van der Waals surface area (Å²) in [5.74, 6) is 0.817. The van der Waals surface area contributed by atoms with E-state index < -0.39 is 10.3 Å². The Morgan fingerprint density at radius 1 is 1.00 bits per heavy atom. The van der Waals surface area contributed by atoms with Gasteiger partial charge >= 0.3 is 10.3 Å². The van der Waals surface area contributed by atoms with Crippen LogP contribution < -0.4 is 15.0 Å². The highest BCUT2D eigenvalue weighted by molar-refractivity contribution is 7.84. The summed E-state index contributed by atoms with van der Waals surface area (Å²) in [6.45, 7) is 14.2. The van der Waals surface area contributed by atoms with Crippen molar-refractivity contribution in [2.75, 3.05) is 56.5 Å². The average molecular weight is 705 g/mol. The zero-order valence-corrected chi connectivity index (χ0v) is 29.8. The molecular weight excluding hydrogens is 661 g/mol. The number of benzene rings is 2. The number of piperazine rings is 1. The molecule has 0 saturated carbocycles. The summed E-state index contributed by atoms with van der Waals surface area (Å²) < 4.78 is 41.0. The number of ether oxygens (including phenoxy) is 1. The molecule has 4 aromatic rings. The molecule has 6 rings (SSSR count). The molecule has 2 N–H and O–H groups in total. The van der Waals surface area contributed by atoms with Gasteiger partial charge in [0, 0.05) is 68.5 Å². The second kappa shape index (κ2) is 15.0. The van der Waals surface area contributed by atoms with Crippen LogP contribution in [0.15, 0.2) is 48.8 Å². The lowest BCUT2D eigenvalue weighted by Crippen LogP contribution is -2.52. The summed E-state index contributed by atoms with van der Waals surface area (Å²) >= 11 is 13.4. The van der Waals surface area contributed by atoms with Crippen LogP contribution in [0.1, 0.15) is 40.5 Å². The molecule has 2 aromatic heterocycles. The molecule has 0 radical (unpaired) electrons. The van der Waals surface area contributed by atoms with Crippen LogP contribution in [0, 0.1) is 0 Å². The molecule has 0 spiro atoms. The van der Waals surface area contributed by atoms with Gasteiger partial charge in [0.1, 0.15) is 5.75 Å². The van der Waals surface area contributed by atoms with E-state index in [4.69, 9.17) is 27.9 Å². The van der Waals surface area contributed by atoms with E-state index in [2.05, 4.69) is 37.0 Å². The van der Waals surface area contributed by atoms with Gasteiger partial charge in [-0.1, -0.05) is 55.2 Å². The Balaban J connectivity index is 0.00000213. The molecule has 2 aliphatic rings. The second-order valence-electron chi connectivity index (χ2n) is 11.9. The molecule has 0 amide bonds. The van der Waals surface area contributed by atoms with Gasteiger partial charge in [0.05, 0.1) is 44.9 Å². The van der Waals surface area contributed by atoms with E-state index in [1.54, 1.807) is 24.3 Å². The van der Waals surface area contributed by atoms with Crippen LogP contribution in [0.4, 0.5) is 17.3 Å². The molecule has 0 unspecified atom stereocenters. The van der Waals surface area contributed by atoms with Crippen molar-refractivity contribution in [3.63, 3.8) is 0 Å². The average Bonchev–Trinajstić information content (AvgIpc) is 3.45. The van der Waals surface area contributed by atoms with Gasteiger partial charge in [-0.25, -0.2) is 13.9 Å². The Morgan fingerprint density at radius 2 is 1.68 bits per heavy atom. The van der Waals surface area contributed by atoms with Crippen molar-refractivity contribution in [3.8, 4) is 17.0 Å². The van der Waals surface area contributed by atoms with Crippen LogP contribution in [0.2, 0.25) is 10.0 Å². The minimum absolute atomic E-state index is 0.101. The molecule has 2 aromatic carbocycles. The highest BCUT2D eigenvalue weighted by Gasteiger charge is 2.28. The van der Waals surface area contributed by atoms with Crippen LogP contribution in [-0.4, -0.2) is 95.2 Å². The van der Waals surface area contributed by atoms with E-state index in [1.165, 1.54) is 12.4 Å². The summed E-state index contributed by atoms with van der Waals surface area (Å²) in [5.41, 5.74) is 2.52. The van der Waals surface area contributed by atoms with Crippen LogP contribution in [0.5, 0.6) is 5.75 Å². The molecule has 0 atom stereocenters. The standard InChI is InChI=1S/C31H37Cl2N7O4S.C2H6/c1-20(2)44-29-17-28(39-10-8-21(9-11-39)38-14-12-37(3)13-15-38)24(32)16-26(29)35-31-34-18-25(33)30(36-31)23-19-40(45(41,42)43)27-7-5-4-6-22(23)27;1-2/h4-7,16-21H,8-15H2,1-3H3,(H,34,35,36)(H,41,42,43);1-2H3. The number of nitrogens with one attached hydrogen (secondary N) is 1. The Kier molecular flexibility index (Phi) is 11.2. The molecular formula is C33H43Cl2N7O4S. The third-order valence-corrected chi connectivity index (χ3v) is 9.82. The third-order valence-electron chi connectivity index (χ3n) is 8.44. The summed E-state index contributed by atoms with van der Waals surface area (Å²) in [7, 11) is -2.38. The van der Waals surface area contributed by atoms with Crippen molar-refractivity contribution in [2.45, 2.75) is 52.7 Å².